The number of methoxy groups -OCH3 is 1. The zero-order valence-corrected chi connectivity index (χ0v) is 12.5. The topological polar surface area (TPSA) is 77.4 Å². The van der Waals surface area contributed by atoms with Crippen LogP contribution in [0.1, 0.15) is 13.8 Å². The number of aliphatic hydroxyl groups excluding tert-OH is 2. The Morgan fingerprint density at radius 2 is 2.00 bits per heavy atom. The molecule has 0 aromatic heterocycles. The molecule has 2 aliphatic heterocycles. The lowest BCUT2D eigenvalue weighted by molar-refractivity contribution is -0.174. The van der Waals surface area contributed by atoms with Gasteiger partial charge in [0.15, 0.2) is 12.1 Å². The van der Waals surface area contributed by atoms with Gasteiger partial charge in [-0.2, -0.15) is 0 Å². The van der Waals surface area contributed by atoms with Gasteiger partial charge in [-0.3, -0.25) is 0 Å². The van der Waals surface area contributed by atoms with Crippen molar-refractivity contribution in [3.8, 4) is 0 Å². The lowest BCUT2D eigenvalue weighted by atomic mass is 9.72. The predicted octanol–water partition coefficient (Wildman–Crippen LogP) is 0.343. The zero-order valence-electron chi connectivity index (χ0n) is 12.5. The molecule has 0 radical (unpaired) electrons. The minimum absolute atomic E-state index is 0.214. The van der Waals surface area contributed by atoms with Crippen molar-refractivity contribution in [1.82, 2.24) is 0 Å². The van der Waals surface area contributed by atoms with Crippen LogP contribution in [0.5, 0.6) is 0 Å². The molecule has 0 spiro atoms. The van der Waals surface area contributed by atoms with E-state index in [4.69, 9.17) is 18.9 Å². The highest BCUT2D eigenvalue weighted by molar-refractivity contribution is 5.35. The largest absolute Gasteiger partial charge is 0.394 e. The summed E-state index contributed by atoms with van der Waals surface area (Å²) in [6, 6.07) is 0. The Kier molecular flexibility index (Phi) is 3.72. The maximum atomic E-state index is 10.5. The normalized spacial score (nSPS) is 45.0. The molecule has 0 bridgehead atoms. The van der Waals surface area contributed by atoms with Gasteiger partial charge in [-0.25, -0.2) is 0 Å². The van der Waals surface area contributed by atoms with E-state index in [9.17, 15) is 10.2 Å². The van der Waals surface area contributed by atoms with Gasteiger partial charge in [-0.15, -0.1) is 0 Å². The van der Waals surface area contributed by atoms with Gasteiger partial charge in [0.2, 0.25) is 0 Å². The summed E-state index contributed by atoms with van der Waals surface area (Å²) in [6.07, 6.45) is -0.904. The first kappa shape index (κ1) is 15.1. The standard InChI is InChI=1S/C15H22O6/c1-7-12(17)11-8(5-10(18-4)19-9(11)6-16)14-13(7)20-15(2,3)21-14/h5,9-14,16-17H,1,6H2,2-4H3/t9-,10+,11+,12+,13+,14-/m1/s1. The lowest BCUT2D eigenvalue weighted by Crippen LogP contribution is -2.53. The van der Waals surface area contributed by atoms with Crippen molar-refractivity contribution in [3.05, 3.63) is 23.8 Å². The third kappa shape index (κ3) is 2.36. The van der Waals surface area contributed by atoms with Crippen LogP contribution < -0.4 is 0 Å². The fourth-order valence-corrected chi connectivity index (χ4v) is 3.40. The predicted molar refractivity (Wildman–Crippen MR) is 73.3 cm³/mol. The van der Waals surface area contributed by atoms with Crippen molar-refractivity contribution in [3.63, 3.8) is 0 Å². The van der Waals surface area contributed by atoms with Gasteiger partial charge in [-0.05, 0) is 31.1 Å². The second-order valence-corrected chi connectivity index (χ2v) is 6.15. The van der Waals surface area contributed by atoms with Crippen LogP contribution in [0, 0.1) is 5.92 Å². The third-order valence-corrected chi connectivity index (χ3v) is 4.35. The van der Waals surface area contributed by atoms with E-state index in [-0.39, 0.29) is 12.7 Å². The van der Waals surface area contributed by atoms with Gasteiger partial charge in [0.1, 0.15) is 12.2 Å². The Labute approximate surface area is 123 Å². The SMILES string of the molecule is C=C1[C@H](O)[C@H]2C(=C[C@@H](OC)O[C@@H]2CO)[C@H]2OC(C)(C)O[C@@H]12. The van der Waals surface area contributed by atoms with E-state index >= 15 is 0 Å². The van der Waals surface area contributed by atoms with E-state index in [1.165, 1.54) is 7.11 Å². The van der Waals surface area contributed by atoms with E-state index in [0.29, 0.717) is 5.57 Å². The average molecular weight is 298 g/mol. The van der Waals surface area contributed by atoms with Gasteiger partial charge in [0.05, 0.1) is 18.8 Å². The fraction of sp³-hybridized carbons (Fsp3) is 0.733. The smallest absolute Gasteiger partial charge is 0.177 e. The Morgan fingerprint density at radius 1 is 1.33 bits per heavy atom. The maximum Gasteiger partial charge on any atom is 0.177 e. The molecule has 0 amide bonds. The summed E-state index contributed by atoms with van der Waals surface area (Å²) in [5.74, 6) is -1.14. The molecule has 1 saturated heterocycles. The molecular weight excluding hydrogens is 276 g/mol. The van der Waals surface area contributed by atoms with Gasteiger partial charge in [-0.1, -0.05) is 6.58 Å². The average Bonchev–Trinajstić information content (AvgIpc) is 2.79. The van der Waals surface area contributed by atoms with Crippen molar-refractivity contribution in [1.29, 1.82) is 0 Å². The summed E-state index contributed by atoms with van der Waals surface area (Å²) >= 11 is 0. The molecule has 21 heavy (non-hydrogen) atoms. The van der Waals surface area contributed by atoms with Crippen molar-refractivity contribution >= 4 is 0 Å². The summed E-state index contributed by atoms with van der Waals surface area (Å²) in [5, 5.41) is 20.1. The number of hydrogen-bond acceptors (Lipinski definition) is 6. The van der Waals surface area contributed by atoms with Crippen LogP contribution in [0.2, 0.25) is 0 Å². The molecule has 0 aromatic carbocycles. The molecule has 3 rings (SSSR count). The minimum atomic E-state index is -0.843. The van der Waals surface area contributed by atoms with Crippen molar-refractivity contribution < 1.29 is 29.2 Å². The number of hydrogen-bond donors (Lipinski definition) is 2. The summed E-state index contributed by atoms with van der Waals surface area (Å²) < 4.78 is 22.7. The van der Waals surface area contributed by atoms with E-state index in [0.717, 1.165) is 5.57 Å². The fourth-order valence-electron chi connectivity index (χ4n) is 3.40. The summed E-state index contributed by atoms with van der Waals surface area (Å²) in [5.41, 5.74) is 1.41. The van der Waals surface area contributed by atoms with Gasteiger partial charge in [0, 0.05) is 13.0 Å². The molecule has 2 heterocycles. The van der Waals surface area contributed by atoms with E-state index in [1.54, 1.807) is 6.08 Å². The Morgan fingerprint density at radius 3 is 2.62 bits per heavy atom. The van der Waals surface area contributed by atoms with Crippen LogP contribution in [0.4, 0.5) is 0 Å². The molecule has 6 nitrogen and oxygen atoms in total. The van der Waals surface area contributed by atoms with Crippen LogP contribution in [0.25, 0.3) is 0 Å². The molecule has 2 N–H and O–H groups in total. The molecule has 0 unspecified atom stereocenters. The number of ether oxygens (including phenoxy) is 4. The minimum Gasteiger partial charge on any atom is -0.394 e. The molecule has 1 saturated carbocycles. The van der Waals surface area contributed by atoms with Crippen molar-refractivity contribution in [2.24, 2.45) is 5.92 Å². The van der Waals surface area contributed by atoms with Gasteiger partial charge < -0.3 is 29.2 Å². The lowest BCUT2D eigenvalue weighted by Gasteiger charge is -2.44. The zero-order chi connectivity index (χ0) is 15.4. The van der Waals surface area contributed by atoms with Crippen molar-refractivity contribution in [2.45, 2.75) is 50.3 Å². The molecule has 6 atom stereocenters. The van der Waals surface area contributed by atoms with Gasteiger partial charge in [0.25, 0.3) is 0 Å². The van der Waals surface area contributed by atoms with E-state index in [1.807, 2.05) is 13.8 Å². The highest BCUT2D eigenvalue weighted by atomic mass is 16.8. The summed E-state index contributed by atoms with van der Waals surface area (Å²) in [4.78, 5) is 0. The van der Waals surface area contributed by atoms with E-state index < -0.39 is 36.3 Å². The molecule has 118 valence electrons. The molecule has 1 aliphatic carbocycles. The second-order valence-electron chi connectivity index (χ2n) is 6.15. The monoisotopic (exact) mass is 298 g/mol. The number of aliphatic hydroxyl groups is 2. The highest BCUT2D eigenvalue weighted by Gasteiger charge is 2.55. The van der Waals surface area contributed by atoms with Crippen LogP contribution in [-0.2, 0) is 18.9 Å². The number of rotatable bonds is 2. The Hall–Kier alpha value is -0.760. The first-order valence-electron chi connectivity index (χ1n) is 7.11. The second kappa shape index (κ2) is 5.15. The van der Waals surface area contributed by atoms with E-state index in [2.05, 4.69) is 6.58 Å². The molecule has 3 aliphatic rings. The third-order valence-electron chi connectivity index (χ3n) is 4.35. The number of fused-ring (bicyclic) bond motifs is 3. The summed E-state index contributed by atoms with van der Waals surface area (Å²) in [7, 11) is 1.53. The van der Waals surface area contributed by atoms with Crippen molar-refractivity contribution in [2.75, 3.05) is 13.7 Å². The first-order valence-corrected chi connectivity index (χ1v) is 7.11. The van der Waals surface area contributed by atoms with Crippen LogP contribution in [0.3, 0.4) is 0 Å². The van der Waals surface area contributed by atoms with Crippen LogP contribution >= 0.6 is 0 Å². The molecular formula is C15H22O6. The van der Waals surface area contributed by atoms with Gasteiger partial charge >= 0.3 is 0 Å². The first-order chi connectivity index (χ1) is 9.88. The molecule has 2 fully saturated rings. The van der Waals surface area contributed by atoms with Crippen LogP contribution in [-0.4, -0.2) is 60.4 Å². The Balaban J connectivity index is 2.02. The molecule has 0 aromatic rings. The quantitative estimate of drug-likeness (QED) is 0.716. The maximum absolute atomic E-state index is 10.5. The molecule has 6 heteroatoms. The summed E-state index contributed by atoms with van der Waals surface area (Å²) in [6.45, 7) is 7.40. The Bertz CT molecular complexity index is 471. The van der Waals surface area contributed by atoms with Crippen LogP contribution in [0.15, 0.2) is 23.8 Å². The highest BCUT2D eigenvalue weighted by Crippen LogP contribution is 2.47.